The van der Waals surface area contributed by atoms with Crippen LogP contribution in [0.1, 0.15) is 70.6 Å². The zero-order chi connectivity index (χ0) is 25.8. The molecule has 1 heterocycles. The highest BCUT2D eigenvalue weighted by Crippen LogP contribution is 2.46. The normalized spacial score (nSPS) is 20.4. The number of rotatable bonds is 8. The van der Waals surface area contributed by atoms with E-state index in [1.807, 2.05) is 12.1 Å². The van der Waals surface area contributed by atoms with Crippen molar-refractivity contribution in [1.82, 2.24) is 5.32 Å². The van der Waals surface area contributed by atoms with Gasteiger partial charge in [-0.25, -0.2) is 8.78 Å². The molecule has 3 N–H and O–H groups in total. The van der Waals surface area contributed by atoms with Crippen molar-refractivity contribution in [3.63, 3.8) is 0 Å². The molecule has 200 valence electrons. The summed E-state index contributed by atoms with van der Waals surface area (Å²) in [7, 11) is 0. The number of fused-ring (bicyclic) bond motifs is 1. The zero-order valence-electron chi connectivity index (χ0n) is 21.1. The van der Waals surface area contributed by atoms with Gasteiger partial charge in [0.2, 0.25) is 5.91 Å². The predicted molar refractivity (Wildman–Crippen MR) is 143 cm³/mol. The lowest BCUT2D eigenvalue weighted by atomic mass is 9.72. The monoisotopic (exact) mass is 531 g/mol. The van der Waals surface area contributed by atoms with E-state index in [-0.39, 0.29) is 24.5 Å². The van der Waals surface area contributed by atoms with Gasteiger partial charge in [0, 0.05) is 24.6 Å². The standard InChI is InChI=1S/C29H36ClF2N3O2/c30-21-13-7-8-14-26(21)37-16-15-29(34-24-17-22(31)23(32)18-25(24)35-29)27(19-9-3-1-4-10-19)28(36)33-20-11-5-2-6-12-20/h7-8,13-14,17-20,27,34-35H,1-6,9-12,15-16H2,(H,33,36). The molecule has 0 aromatic heterocycles. The van der Waals surface area contributed by atoms with E-state index in [1.54, 1.807) is 12.1 Å². The van der Waals surface area contributed by atoms with E-state index in [0.29, 0.717) is 28.6 Å². The van der Waals surface area contributed by atoms with Gasteiger partial charge >= 0.3 is 0 Å². The SMILES string of the molecule is O=C(NC1CCCCC1)C(C1CCCCC1)C1(CCOc2ccccc2Cl)Nc2cc(F)c(F)cc2N1. The van der Waals surface area contributed by atoms with Gasteiger partial charge in [-0.3, -0.25) is 4.79 Å². The molecular formula is C29H36ClF2N3O2. The third-order valence-corrected chi connectivity index (χ3v) is 8.56. The Balaban J connectivity index is 1.45. The minimum Gasteiger partial charge on any atom is -0.492 e. The first-order valence-electron chi connectivity index (χ1n) is 13.7. The van der Waals surface area contributed by atoms with Crippen LogP contribution in [0.25, 0.3) is 0 Å². The number of carbonyl (C=O) groups excluding carboxylic acids is 1. The Hall–Kier alpha value is -2.54. The maximum atomic E-state index is 14.2. The molecular weight excluding hydrogens is 496 g/mol. The molecule has 1 atom stereocenters. The van der Waals surface area contributed by atoms with Crippen molar-refractivity contribution < 1.29 is 18.3 Å². The fraction of sp³-hybridized carbons (Fsp3) is 0.552. The smallest absolute Gasteiger partial charge is 0.227 e. The number of nitrogens with one attached hydrogen (secondary N) is 3. The van der Waals surface area contributed by atoms with E-state index in [0.717, 1.165) is 57.8 Å². The van der Waals surface area contributed by atoms with E-state index < -0.39 is 23.2 Å². The molecule has 0 bridgehead atoms. The summed E-state index contributed by atoms with van der Waals surface area (Å²) in [6, 6.07) is 9.78. The molecule has 2 aromatic carbocycles. The quantitative estimate of drug-likeness (QED) is 0.335. The van der Waals surface area contributed by atoms with Crippen LogP contribution in [-0.4, -0.2) is 24.2 Å². The average Bonchev–Trinajstić information content (AvgIpc) is 3.24. The van der Waals surface area contributed by atoms with E-state index >= 15 is 0 Å². The molecule has 0 saturated heterocycles. The summed E-state index contributed by atoms with van der Waals surface area (Å²) in [6.45, 7) is 0.266. The molecule has 5 rings (SSSR count). The van der Waals surface area contributed by atoms with Crippen LogP contribution < -0.4 is 20.7 Å². The van der Waals surface area contributed by atoms with Crippen LogP contribution in [0, 0.1) is 23.5 Å². The van der Waals surface area contributed by atoms with Crippen molar-refractivity contribution in [3.8, 4) is 5.75 Å². The predicted octanol–water partition coefficient (Wildman–Crippen LogP) is 7.27. The first-order chi connectivity index (χ1) is 17.9. The summed E-state index contributed by atoms with van der Waals surface area (Å²) < 4.78 is 34.5. The van der Waals surface area contributed by atoms with Gasteiger partial charge in [-0.2, -0.15) is 0 Å². The molecule has 1 aliphatic heterocycles. The second-order valence-electron chi connectivity index (χ2n) is 10.8. The van der Waals surface area contributed by atoms with Gasteiger partial charge < -0.3 is 20.7 Å². The fourth-order valence-corrected chi connectivity index (χ4v) is 6.62. The van der Waals surface area contributed by atoms with Crippen molar-refractivity contribution >= 4 is 28.9 Å². The lowest BCUT2D eigenvalue weighted by Crippen LogP contribution is -2.59. The van der Waals surface area contributed by atoms with Crippen molar-refractivity contribution in [2.45, 2.75) is 82.3 Å². The van der Waals surface area contributed by atoms with Gasteiger partial charge in [0.25, 0.3) is 0 Å². The van der Waals surface area contributed by atoms with Crippen molar-refractivity contribution in [1.29, 1.82) is 0 Å². The summed E-state index contributed by atoms with van der Waals surface area (Å²) in [5, 5.41) is 10.7. The van der Waals surface area contributed by atoms with Crippen LogP contribution >= 0.6 is 11.6 Å². The molecule has 5 nitrogen and oxygen atoms in total. The molecule has 8 heteroatoms. The largest absolute Gasteiger partial charge is 0.492 e. The molecule has 2 aliphatic carbocycles. The minimum atomic E-state index is -0.954. The Bertz CT molecular complexity index is 1070. The van der Waals surface area contributed by atoms with Crippen molar-refractivity contribution in [3.05, 3.63) is 53.1 Å². The van der Waals surface area contributed by atoms with Crippen molar-refractivity contribution in [2.24, 2.45) is 11.8 Å². The van der Waals surface area contributed by atoms with E-state index in [1.165, 1.54) is 18.6 Å². The molecule has 0 spiro atoms. The number of ether oxygens (including phenoxy) is 1. The minimum absolute atomic E-state index is 0.00490. The highest BCUT2D eigenvalue weighted by atomic mass is 35.5. The van der Waals surface area contributed by atoms with E-state index in [4.69, 9.17) is 16.3 Å². The second kappa shape index (κ2) is 11.5. The van der Waals surface area contributed by atoms with Gasteiger partial charge in [-0.05, 0) is 43.7 Å². The number of anilines is 2. The summed E-state index contributed by atoms with van der Waals surface area (Å²) in [4.78, 5) is 14.1. The number of halogens is 3. The first-order valence-corrected chi connectivity index (χ1v) is 14.1. The Kier molecular flexibility index (Phi) is 8.08. The van der Waals surface area contributed by atoms with Crippen LogP contribution in [0.15, 0.2) is 36.4 Å². The molecule has 2 aromatic rings. The third-order valence-electron chi connectivity index (χ3n) is 8.25. The summed E-state index contributed by atoms with van der Waals surface area (Å²) in [6.07, 6.45) is 11.0. The number of benzene rings is 2. The van der Waals surface area contributed by atoms with Gasteiger partial charge in [0.1, 0.15) is 11.4 Å². The third kappa shape index (κ3) is 5.82. The molecule has 1 unspecified atom stereocenters. The summed E-state index contributed by atoms with van der Waals surface area (Å²) >= 11 is 6.30. The maximum absolute atomic E-state index is 14.2. The lowest BCUT2D eigenvalue weighted by Gasteiger charge is -2.43. The summed E-state index contributed by atoms with van der Waals surface area (Å²) in [5.74, 6) is -1.57. The second-order valence-corrected chi connectivity index (χ2v) is 11.2. The summed E-state index contributed by atoms with van der Waals surface area (Å²) in [5.41, 5.74) is -0.0317. The molecule has 2 fully saturated rings. The Morgan fingerprint density at radius 1 is 0.973 bits per heavy atom. The molecule has 3 aliphatic rings. The number of hydrogen-bond donors (Lipinski definition) is 3. The number of carbonyl (C=O) groups is 1. The van der Waals surface area contributed by atoms with Crippen LogP contribution in [-0.2, 0) is 4.79 Å². The van der Waals surface area contributed by atoms with Crippen LogP contribution in [0.5, 0.6) is 5.75 Å². The zero-order valence-corrected chi connectivity index (χ0v) is 21.9. The molecule has 2 saturated carbocycles. The number of hydrogen-bond acceptors (Lipinski definition) is 4. The van der Waals surface area contributed by atoms with Crippen LogP contribution in [0.3, 0.4) is 0 Å². The molecule has 0 radical (unpaired) electrons. The highest BCUT2D eigenvalue weighted by Gasteiger charge is 2.51. The van der Waals surface area contributed by atoms with E-state index in [9.17, 15) is 13.6 Å². The van der Waals surface area contributed by atoms with Crippen LogP contribution in [0.4, 0.5) is 20.2 Å². The van der Waals surface area contributed by atoms with Gasteiger partial charge in [-0.15, -0.1) is 0 Å². The van der Waals surface area contributed by atoms with Gasteiger partial charge in [0.05, 0.1) is 28.9 Å². The average molecular weight is 532 g/mol. The van der Waals surface area contributed by atoms with Crippen LogP contribution in [0.2, 0.25) is 5.02 Å². The molecule has 1 amide bonds. The van der Waals surface area contributed by atoms with Gasteiger partial charge in [0.15, 0.2) is 11.6 Å². The lowest BCUT2D eigenvalue weighted by molar-refractivity contribution is -0.130. The maximum Gasteiger partial charge on any atom is 0.227 e. The Morgan fingerprint density at radius 3 is 2.19 bits per heavy atom. The van der Waals surface area contributed by atoms with E-state index in [2.05, 4.69) is 16.0 Å². The fourth-order valence-electron chi connectivity index (χ4n) is 6.43. The highest BCUT2D eigenvalue weighted by molar-refractivity contribution is 6.32. The Labute approximate surface area is 222 Å². The number of para-hydroxylation sites is 1. The first kappa shape index (κ1) is 26.1. The topological polar surface area (TPSA) is 62.4 Å². The van der Waals surface area contributed by atoms with Crippen molar-refractivity contribution in [2.75, 3.05) is 17.2 Å². The van der Waals surface area contributed by atoms with Gasteiger partial charge in [-0.1, -0.05) is 62.3 Å². The Morgan fingerprint density at radius 2 is 1.57 bits per heavy atom. The number of amides is 1. The molecule has 37 heavy (non-hydrogen) atoms.